The molecular weight excluding hydrogens is 328 g/mol. The van der Waals surface area contributed by atoms with E-state index < -0.39 is 10.0 Å². The lowest BCUT2D eigenvalue weighted by molar-refractivity contribution is 0.123. The van der Waals surface area contributed by atoms with Gasteiger partial charge in [-0.25, -0.2) is 8.42 Å². The first-order valence-electron chi connectivity index (χ1n) is 7.54. The highest BCUT2D eigenvalue weighted by Crippen LogP contribution is 2.23. The number of rotatable bonds is 4. The van der Waals surface area contributed by atoms with E-state index in [1.54, 1.807) is 18.3 Å². The SMILES string of the molecule is N#Cc1ccc(S(=O)(=O)N2CCC[C@H](Oc3cccnn3)C2)cc1. The summed E-state index contributed by atoms with van der Waals surface area (Å²) in [5, 5.41) is 16.4. The molecule has 2 aromatic rings. The summed E-state index contributed by atoms with van der Waals surface area (Å²) in [6, 6.07) is 11.3. The quantitative estimate of drug-likeness (QED) is 0.835. The molecule has 1 saturated heterocycles. The van der Waals surface area contributed by atoms with Crippen LogP contribution in [0, 0.1) is 11.3 Å². The van der Waals surface area contributed by atoms with E-state index in [1.165, 1.54) is 28.6 Å². The molecule has 24 heavy (non-hydrogen) atoms. The van der Waals surface area contributed by atoms with Gasteiger partial charge in [0.1, 0.15) is 6.10 Å². The molecule has 0 spiro atoms. The summed E-state index contributed by atoms with van der Waals surface area (Å²) < 4.78 is 32.6. The Hall–Kier alpha value is -2.50. The highest BCUT2D eigenvalue weighted by atomic mass is 32.2. The van der Waals surface area contributed by atoms with Crippen LogP contribution in [-0.2, 0) is 10.0 Å². The molecule has 1 fully saturated rings. The van der Waals surface area contributed by atoms with Crippen molar-refractivity contribution in [3.8, 4) is 11.9 Å². The molecule has 2 heterocycles. The molecule has 0 bridgehead atoms. The van der Waals surface area contributed by atoms with E-state index in [9.17, 15) is 8.42 Å². The second-order valence-corrected chi connectivity index (χ2v) is 7.38. The van der Waals surface area contributed by atoms with Crippen molar-refractivity contribution < 1.29 is 13.2 Å². The number of piperidine rings is 1. The van der Waals surface area contributed by atoms with Crippen LogP contribution in [0.15, 0.2) is 47.5 Å². The first-order chi connectivity index (χ1) is 11.6. The summed E-state index contributed by atoms with van der Waals surface area (Å²) in [5.74, 6) is 0.389. The van der Waals surface area contributed by atoms with Crippen molar-refractivity contribution in [2.45, 2.75) is 23.8 Å². The molecule has 8 heteroatoms. The lowest BCUT2D eigenvalue weighted by Gasteiger charge is -2.31. The molecule has 0 amide bonds. The minimum absolute atomic E-state index is 0.182. The predicted octanol–water partition coefficient (Wildman–Crippen LogP) is 1.58. The third kappa shape index (κ3) is 3.53. The zero-order valence-corrected chi connectivity index (χ0v) is 13.7. The van der Waals surface area contributed by atoms with Gasteiger partial charge in [0, 0.05) is 18.8 Å². The standard InChI is InChI=1S/C16H16N4O3S/c17-11-13-5-7-15(8-6-13)24(21,22)20-10-2-3-14(12-20)23-16-4-1-9-18-19-16/h1,4-9,14H,2-3,10,12H2/t14-/m0/s1. The van der Waals surface area contributed by atoms with E-state index >= 15 is 0 Å². The Labute approximate surface area is 140 Å². The minimum atomic E-state index is -3.60. The second-order valence-electron chi connectivity index (χ2n) is 5.44. The third-order valence-corrected chi connectivity index (χ3v) is 5.68. The van der Waals surface area contributed by atoms with E-state index in [2.05, 4.69) is 10.2 Å². The maximum atomic E-state index is 12.7. The summed E-state index contributed by atoms with van der Waals surface area (Å²) >= 11 is 0. The van der Waals surface area contributed by atoms with Crippen LogP contribution >= 0.6 is 0 Å². The van der Waals surface area contributed by atoms with Crippen molar-refractivity contribution in [3.63, 3.8) is 0 Å². The van der Waals surface area contributed by atoms with Crippen LogP contribution in [0.25, 0.3) is 0 Å². The highest BCUT2D eigenvalue weighted by Gasteiger charge is 2.31. The number of benzene rings is 1. The van der Waals surface area contributed by atoms with Gasteiger partial charge in [-0.3, -0.25) is 0 Å². The van der Waals surface area contributed by atoms with Crippen LogP contribution < -0.4 is 4.74 Å². The molecule has 7 nitrogen and oxygen atoms in total. The van der Waals surface area contributed by atoms with Crippen LogP contribution in [0.1, 0.15) is 18.4 Å². The molecule has 1 aliphatic rings. The van der Waals surface area contributed by atoms with Crippen molar-refractivity contribution >= 4 is 10.0 Å². The minimum Gasteiger partial charge on any atom is -0.472 e. The van der Waals surface area contributed by atoms with Crippen LogP contribution in [0.5, 0.6) is 5.88 Å². The van der Waals surface area contributed by atoms with Gasteiger partial charge in [0.05, 0.1) is 23.1 Å². The van der Waals surface area contributed by atoms with Crippen LogP contribution in [0.3, 0.4) is 0 Å². The van der Waals surface area contributed by atoms with Gasteiger partial charge >= 0.3 is 0 Å². The zero-order valence-electron chi connectivity index (χ0n) is 12.9. The number of nitrogens with zero attached hydrogens (tertiary/aromatic N) is 4. The summed E-state index contributed by atoms with van der Waals surface area (Å²) in [6.07, 6.45) is 2.76. The Morgan fingerprint density at radius 3 is 2.71 bits per heavy atom. The lowest BCUT2D eigenvalue weighted by Crippen LogP contribution is -2.44. The normalized spacial score (nSPS) is 18.7. The van der Waals surface area contributed by atoms with Crippen LogP contribution in [0.4, 0.5) is 0 Å². The molecule has 0 aliphatic carbocycles. The van der Waals surface area contributed by atoms with Crippen molar-refractivity contribution in [1.82, 2.24) is 14.5 Å². The van der Waals surface area contributed by atoms with Crippen LogP contribution in [0.2, 0.25) is 0 Å². The predicted molar refractivity (Wildman–Crippen MR) is 85.6 cm³/mol. The Bertz CT molecular complexity index is 832. The molecule has 1 aromatic carbocycles. The van der Waals surface area contributed by atoms with Crippen LogP contribution in [-0.4, -0.2) is 42.1 Å². The summed E-state index contributed by atoms with van der Waals surface area (Å²) in [5.41, 5.74) is 0.427. The van der Waals surface area contributed by atoms with E-state index in [0.717, 1.165) is 6.42 Å². The van der Waals surface area contributed by atoms with Gasteiger partial charge in [-0.15, -0.1) is 5.10 Å². The first kappa shape index (κ1) is 16.4. The Morgan fingerprint density at radius 2 is 2.04 bits per heavy atom. The van der Waals surface area contributed by atoms with Crippen molar-refractivity contribution in [1.29, 1.82) is 5.26 Å². The maximum absolute atomic E-state index is 12.7. The fraction of sp³-hybridized carbons (Fsp3) is 0.312. The maximum Gasteiger partial charge on any atom is 0.243 e. The lowest BCUT2D eigenvalue weighted by atomic mass is 10.1. The average molecular weight is 344 g/mol. The molecule has 0 unspecified atom stereocenters. The monoisotopic (exact) mass is 344 g/mol. The number of sulfonamides is 1. The Morgan fingerprint density at radius 1 is 1.25 bits per heavy atom. The fourth-order valence-corrected chi connectivity index (χ4v) is 4.10. The number of hydrogen-bond donors (Lipinski definition) is 0. The molecule has 1 aromatic heterocycles. The van der Waals surface area contributed by atoms with E-state index in [1.807, 2.05) is 6.07 Å². The summed E-state index contributed by atoms with van der Waals surface area (Å²) in [7, 11) is -3.60. The largest absolute Gasteiger partial charge is 0.472 e. The highest BCUT2D eigenvalue weighted by molar-refractivity contribution is 7.89. The van der Waals surface area contributed by atoms with Gasteiger partial charge in [-0.2, -0.15) is 14.7 Å². The summed E-state index contributed by atoms with van der Waals surface area (Å²) in [6.45, 7) is 0.710. The number of hydrogen-bond acceptors (Lipinski definition) is 6. The van der Waals surface area contributed by atoms with Gasteiger partial charge < -0.3 is 4.74 Å². The molecule has 0 saturated carbocycles. The number of aromatic nitrogens is 2. The molecule has 0 radical (unpaired) electrons. The Kier molecular flexibility index (Phi) is 4.74. The van der Waals surface area contributed by atoms with Gasteiger partial charge in [0.25, 0.3) is 0 Å². The third-order valence-electron chi connectivity index (χ3n) is 3.80. The van der Waals surface area contributed by atoms with E-state index in [-0.39, 0.29) is 17.5 Å². The number of nitriles is 1. The zero-order chi connectivity index (χ0) is 17.0. The first-order valence-corrected chi connectivity index (χ1v) is 8.98. The van der Waals surface area contributed by atoms with Crippen molar-refractivity contribution in [2.24, 2.45) is 0 Å². The smallest absolute Gasteiger partial charge is 0.243 e. The molecule has 1 atom stereocenters. The van der Waals surface area contributed by atoms with E-state index in [4.69, 9.17) is 10.00 Å². The molecule has 0 N–H and O–H groups in total. The van der Waals surface area contributed by atoms with Crippen molar-refractivity contribution in [2.75, 3.05) is 13.1 Å². The topological polar surface area (TPSA) is 96.2 Å². The molecule has 3 rings (SSSR count). The Balaban J connectivity index is 1.74. The van der Waals surface area contributed by atoms with Gasteiger partial charge in [0.2, 0.25) is 15.9 Å². The van der Waals surface area contributed by atoms with Gasteiger partial charge in [0.15, 0.2) is 0 Å². The molecular formula is C16H16N4O3S. The fourth-order valence-electron chi connectivity index (χ4n) is 2.59. The summed E-state index contributed by atoms with van der Waals surface area (Å²) in [4.78, 5) is 0.182. The van der Waals surface area contributed by atoms with Gasteiger partial charge in [-0.1, -0.05) is 0 Å². The average Bonchev–Trinajstić information content (AvgIpc) is 2.63. The molecule has 1 aliphatic heterocycles. The van der Waals surface area contributed by atoms with Crippen molar-refractivity contribution in [3.05, 3.63) is 48.2 Å². The second kappa shape index (κ2) is 6.95. The van der Waals surface area contributed by atoms with E-state index in [0.29, 0.717) is 24.4 Å². The molecule has 124 valence electrons. The van der Waals surface area contributed by atoms with Gasteiger partial charge in [-0.05, 0) is 43.2 Å². The number of ether oxygens (including phenoxy) is 1.